The number of allylic oxidation sites excluding steroid dienone is 1. The van der Waals surface area contributed by atoms with Crippen LogP contribution in [0.15, 0.2) is 11.3 Å². The summed E-state index contributed by atoms with van der Waals surface area (Å²) in [6.45, 7) is 2.08. The zero-order chi connectivity index (χ0) is 21.2. The molecular formula is C21H31NO7. The molecule has 0 aliphatic heterocycles. The molecule has 10 atom stereocenters. The van der Waals surface area contributed by atoms with Crippen LogP contribution in [0.1, 0.15) is 45.4 Å². The van der Waals surface area contributed by atoms with Crippen LogP contribution in [0.5, 0.6) is 0 Å². The minimum Gasteiger partial charge on any atom is -0.512 e. The molecule has 4 rings (SSSR count). The molecule has 4 aliphatic carbocycles. The number of aliphatic hydroxyl groups excluding tert-OH is 4. The van der Waals surface area contributed by atoms with E-state index in [-0.39, 0.29) is 29.8 Å². The molecule has 0 aromatic heterocycles. The van der Waals surface area contributed by atoms with E-state index in [2.05, 4.69) is 6.92 Å². The second kappa shape index (κ2) is 7.04. The maximum atomic E-state index is 13.4. The summed E-state index contributed by atoms with van der Waals surface area (Å²) < 4.78 is 0. The highest BCUT2D eigenvalue weighted by molar-refractivity contribution is 5.94. The first-order valence-corrected chi connectivity index (χ1v) is 10.6. The van der Waals surface area contributed by atoms with Crippen LogP contribution in [-0.2, 0) is 9.59 Å². The summed E-state index contributed by atoms with van der Waals surface area (Å²) in [4.78, 5) is 25.1. The molecule has 0 aromatic carbocycles. The Morgan fingerprint density at radius 1 is 1.17 bits per heavy atom. The molecule has 8 nitrogen and oxygen atoms in total. The molecule has 0 saturated heterocycles. The number of nitrogens with two attached hydrogens (primary N) is 1. The number of carbonyl (C=O) groups is 2. The van der Waals surface area contributed by atoms with Crippen LogP contribution in [0.4, 0.5) is 0 Å². The second-order valence-corrected chi connectivity index (χ2v) is 9.52. The molecule has 162 valence electrons. The molecule has 0 heterocycles. The van der Waals surface area contributed by atoms with Crippen molar-refractivity contribution in [1.29, 1.82) is 0 Å². The predicted molar refractivity (Wildman–Crippen MR) is 101 cm³/mol. The topological polar surface area (TPSA) is 161 Å². The molecule has 29 heavy (non-hydrogen) atoms. The van der Waals surface area contributed by atoms with Gasteiger partial charge in [-0.2, -0.15) is 0 Å². The zero-order valence-corrected chi connectivity index (χ0v) is 16.6. The van der Waals surface area contributed by atoms with Crippen LogP contribution in [-0.4, -0.2) is 61.1 Å². The SMILES string of the molecule is CCC1CCC(O)C2C(=O)C3C(O)[C@]4(O)C(O)C(C(N)=O)=C(O)C[C@@H]4C[C@@H]3CC12. The molecule has 3 fully saturated rings. The summed E-state index contributed by atoms with van der Waals surface area (Å²) in [6, 6.07) is 0. The minimum absolute atomic E-state index is 0.0368. The Morgan fingerprint density at radius 2 is 1.86 bits per heavy atom. The smallest absolute Gasteiger partial charge is 0.250 e. The zero-order valence-electron chi connectivity index (χ0n) is 16.6. The Bertz CT molecular complexity index is 751. The Kier molecular flexibility index (Phi) is 5.05. The second-order valence-electron chi connectivity index (χ2n) is 9.52. The number of ketones is 1. The normalized spacial score (nSPS) is 49.8. The molecule has 8 heteroatoms. The third kappa shape index (κ3) is 2.80. The van der Waals surface area contributed by atoms with Gasteiger partial charge in [0.15, 0.2) is 0 Å². The van der Waals surface area contributed by atoms with Gasteiger partial charge < -0.3 is 31.3 Å². The van der Waals surface area contributed by atoms with E-state index in [4.69, 9.17) is 5.73 Å². The summed E-state index contributed by atoms with van der Waals surface area (Å²) in [5, 5.41) is 53.9. The van der Waals surface area contributed by atoms with Gasteiger partial charge in [0.2, 0.25) is 0 Å². The molecule has 0 bridgehead atoms. The average molecular weight is 409 g/mol. The van der Waals surface area contributed by atoms with Gasteiger partial charge in [0.05, 0.1) is 17.8 Å². The Labute approximate surface area is 169 Å². The maximum Gasteiger partial charge on any atom is 0.250 e. The van der Waals surface area contributed by atoms with Crippen LogP contribution >= 0.6 is 0 Å². The van der Waals surface area contributed by atoms with Gasteiger partial charge in [-0.15, -0.1) is 0 Å². The van der Waals surface area contributed by atoms with Crippen LogP contribution < -0.4 is 5.73 Å². The highest BCUT2D eigenvalue weighted by Crippen LogP contribution is 2.56. The van der Waals surface area contributed by atoms with E-state index in [1.807, 2.05) is 0 Å². The van der Waals surface area contributed by atoms with Crippen LogP contribution in [0, 0.1) is 35.5 Å². The molecule has 0 spiro atoms. The van der Waals surface area contributed by atoms with Gasteiger partial charge in [-0.1, -0.05) is 13.3 Å². The quantitative estimate of drug-likeness (QED) is 0.367. The largest absolute Gasteiger partial charge is 0.512 e. The number of hydrogen-bond acceptors (Lipinski definition) is 7. The number of primary amides is 1. The number of carbonyl (C=O) groups excluding carboxylic acids is 2. The standard InChI is InChI=1S/C21H31NO7/c1-2-8-3-4-12(23)15-11(8)6-9-5-10-7-13(24)16(20(22)28)19(27)21(10,29)18(26)14(9)17(15)25/h8-12,14-15,18-19,23-24,26-27,29H,2-7H2,1H3,(H2,22,28)/t8?,9-,10+,11?,12?,14?,15?,18?,19?,21+/m1/s1. The molecule has 0 radical (unpaired) electrons. The fourth-order valence-electron chi connectivity index (χ4n) is 6.94. The first-order valence-electron chi connectivity index (χ1n) is 10.6. The molecule has 7 N–H and O–H groups in total. The van der Waals surface area contributed by atoms with E-state index in [9.17, 15) is 35.1 Å². The number of fused-ring (bicyclic) bond motifs is 3. The molecule has 1 amide bonds. The number of amides is 1. The molecule has 4 aliphatic rings. The maximum absolute atomic E-state index is 13.4. The Morgan fingerprint density at radius 3 is 2.48 bits per heavy atom. The van der Waals surface area contributed by atoms with Crippen molar-refractivity contribution in [3.63, 3.8) is 0 Å². The average Bonchev–Trinajstić information content (AvgIpc) is 2.64. The van der Waals surface area contributed by atoms with Gasteiger partial charge in [-0.05, 0) is 43.4 Å². The number of aliphatic hydroxyl groups is 5. The minimum atomic E-state index is -2.15. The van der Waals surface area contributed by atoms with Crippen molar-refractivity contribution in [1.82, 2.24) is 0 Å². The first kappa shape index (κ1) is 20.8. The Hall–Kier alpha value is -1.48. The van der Waals surface area contributed by atoms with Crippen molar-refractivity contribution in [2.45, 2.75) is 69.4 Å². The lowest BCUT2D eigenvalue weighted by atomic mass is 9.49. The van der Waals surface area contributed by atoms with Gasteiger partial charge in [-0.25, -0.2) is 0 Å². The van der Waals surface area contributed by atoms with Gasteiger partial charge >= 0.3 is 0 Å². The highest BCUT2D eigenvalue weighted by Gasteiger charge is 2.65. The van der Waals surface area contributed by atoms with Gasteiger partial charge in [0.1, 0.15) is 23.2 Å². The van der Waals surface area contributed by atoms with E-state index in [1.54, 1.807) is 0 Å². The van der Waals surface area contributed by atoms with Crippen LogP contribution in [0.25, 0.3) is 0 Å². The lowest BCUT2D eigenvalue weighted by molar-refractivity contribution is -0.230. The van der Waals surface area contributed by atoms with Gasteiger partial charge in [0, 0.05) is 24.2 Å². The lowest BCUT2D eigenvalue weighted by Crippen LogP contribution is -2.70. The van der Waals surface area contributed by atoms with Gasteiger partial charge in [0.25, 0.3) is 5.91 Å². The van der Waals surface area contributed by atoms with E-state index in [0.29, 0.717) is 25.2 Å². The summed E-state index contributed by atoms with van der Waals surface area (Å²) >= 11 is 0. The molecule has 3 saturated carbocycles. The summed E-state index contributed by atoms with van der Waals surface area (Å²) in [6.07, 6.45) is -1.02. The lowest BCUT2D eigenvalue weighted by Gasteiger charge is -2.58. The van der Waals surface area contributed by atoms with E-state index < -0.39 is 53.1 Å². The summed E-state index contributed by atoms with van der Waals surface area (Å²) in [5.74, 6) is -3.75. The van der Waals surface area contributed by atoms with Crippen molar-refractivity contribution in [3.05, 3.63) is 11.3 Å². The van der Waals surface area contributed by atoms with Crippen molar-refractivity contribution < 1.29 is 35.1 Å². The summed E-state index contributed by atoms with van der Waals surface area (Å²) in [5.41, 5.74) is 2.60. The fourth-order valence-corrected chi connectivity index (χ4v) is 6.94. The van der Waals surface area contributed by atoms with Crippen LogP contribution in [0.3, 0.4) is 0 Å². The third-order valence-corrected chi connectivity index (χ3v) is 8.36. The fraction of sp³-hybridized carbons (Fsp3) is 0.810. The molecule has 7 unspecified atom stereocenters. The highest BCUT2D eigenvalue weighted by atomic mass is 16.4. The van der Waals surface area contributed by atoms with Crippen molar-refractivity contribution in [3.8, 4) is 0 Å². The number of Topliss-reactive ketones (excluding diaryl/α,β-unsaturated/α-hetero) is 1. The van der Waals surface area contributed by atoms with E-state index >= 15 is 0 Å². The number of rotatable bonds is 2. The first-order chi connectivity index (χ1) is 13.6. The van der Waals surface area contributed by atoms with Crippen molar-refractivity contribution in [2.75, 3.05) is 0 Å². The Balaban J connectivity index is 1.72. The molecular weight excluding hydrogens is 378 g/mol. The van der Waals surface area contributed by atoms with Crippen molar-refractivity contribution >= 4 is 11.7 Å². The van der Waals surface area contributed by atoms with Gasteiger partial charge in [-0.3, -0.25) is 9.59 Å². The van der Waals surface area contributed by atoms with Crippen LogP contribution in [0.2, 0.25) is 0 Å². The molecule has 0 aromatic rings. The third-order valence-electron chi connectivity index (χ3n) is 8.36. The monoisotopic (exact) mass is 409 g/mol. The summed E-state index contributed by atoms with van der Waals surface area (Å²) in [7, 11) is 0. The predicted octanol–water partition coefficient (Wildman–Crippen LogP) is -0.221. The van der Waals surface area contributed by atoms with E-state index in [1.165, 1.54) is 0 Å². The van der Waals surface area contributed by atoms with E-state index in [0.717, 1.165) is 12.8 Å². The number of hydrogen-bond donors (Lipinski definition) is 6. The van der Waals surface area contributed by atoms with Crippen molar-refractivity contribution in [2.24, 2.45) is 41.2 Å².